The number of aromatic nitrogens is 3. The van der Waals surface area contributed by atoms with Crippen LogP contribution in [0.2, 0.25) is 0 Å². The molecular formula is C12H18N4. The zero-order chi connectivity index (χ0) is 11.5. The predicted octanol–water partition coefficient (Wildman–Crippen LogP) is 2.35. The first-order valence-electron chi connectivity index (χ1n) is 5.73. The van der Waals surface area contributed by atoms with Gasteiger partial charge in [-0.05, 0) is 25.2 Å². The van der Waals surface area contributed by atoms with Crippen LogP contribution in [0, 0.1) is 17.8 Å². The van der Waals surface area contributed by atoms with Crippen molar-refractivity contribution in [3.05, 3.63) is 24.3 Å². The molecule has 2 rings (SSSR count). The minimum atomic E-state index is 0.506. The van der Waals surface area contributed by atoms with Crippen LogP contribution in [0.15, 0.2) is 29.4 Å². The van der Waals surface area contributed by atoms with E-state index in [1.165, 1.54) is 12.0 Å². The molecule has 1 aliphatic carbocycles. The van der Waals surface area contributed by atoms with Crippen LogP contribution in [0.5, 0.6) is 0 Å². The Hall–Kier alpha value is -1.45. The van der Waals surface area contributed by atoms with Crippen LogP contribution in [0.1, 0.15) is 27.2 Å². The van der Waals surface area contributed by atoms with E-state index >= 15 is 0 Å². The van der Waals surface area contributed by atoms with Crippen LogP contribution in [0.4, 0.5) is 0 Å². The highest BCUT2D eigenvalue weighted by molar-refractivity contribution is 5.62. The molecule has 0 N–H and O–H groups in total. The van der Waals surface area contributed by atoms with Gasteiger partial charge in [-0.15, -0.1) is 10.2 Å². The molecule has 1 heterocycles. The summed E-state index contributed by atoms with van der Waals surface area (Å²) >= 11 is 0. The van der Waals surface area contributed by atoms with E-state index in [1.54, 1.807) is 17.3 Å². The third-order valence-corrected chi connectivity index (χ3v) is 3.23. The zero-order valence-corrected chi connectivity index (χ0v) is 10.0. The third kappa shape index (κ3) is 2.38. The Morgan fingerprint density at radius 2 is 2.06 bits per heavy atom. The maximum Gasteiger partial charge on any atom is 0.141 e. The maximum atomic E-state index is 4.35. The molecular weight excluding hydrogens is 200 g/mol. The van der Waals surface area contributed by atoms with E-state index in [0.717, 1.165) is 0 Å². The van der Waals surface area contributed by atoms with Crippen LogP contribution in [-0.4, -0.2) is 21.1 Å². The average Bonchev–Trinajstić information content (AvgIpc) is 2.68. The molecule has 4 nitrogen and oxygen atoms in total. The molecule has 1 aromatic rings. The topological polar surface area (TPSA) is 43.1 Å². The summed E-state index contributed by atoms with van der Waals surface area (Å²) in [5.41, 5.74) is 1.49. The van der Waals surface area contributed by atoms with Crippen molar-refractivity contribution in [3.8, 4) is 0 Å². The molecule has 3 atom stereocenters. The highest BCUT2D eigenvalue weighted by Gasteiger charge is 2.25. The Bertz CT molecular complexity index is 391. The second-order valence-corrected chi connectivity index (χ2v) is 4.74. The molecule has 86 valence electrons. The Labute approximate surface area is 96.1 Å². The van der Waals surface area contributed by atoms with Crippen LogP contribution < -0.4 is 0 Å². The Balaban J connectivity index is 2.10. The van der Waals surface area contributed by atoms with Crippen molar-refractivity contribution in [3.63, 3.8) is 0 Å². The number of hydrogen-bond acceptors (Lipinski definition) is 3. The summed E-state index contributed by atoms with van der Waals surface area (Å²) in [6, 6.07) is 0. The summed E-state index contributed by atoms with van der Waals surface area (Å²) in [4.78, 5) is 0. The first-order chi connectivity index (χ1) is 7.66. The van der Waals surface area contributed by atoms with Crippen molar-refractivity contribution in [2.24, 2.45) is 22.9 Å². The van der Waals surface area contributed by atoms with E-state index < -0.39 is 0 Å². The average molecular weight is 218 g/mol. The maximum absolute atomic E-state index is 4.35. The van der Waals surface area contributed by atoms with Crippen molar-refractivity contribution in [1.82, 2.24) is 14.9 Å². The van der Waals surface area contributed by atoms with E-state index in [0.29, 0.717) is 17.8 Å². The number of rotatable bonds is 2. The van der Waals surface area contributed by atoms with Crippen molar-refractivity contribution in [1.29, 1.82) is 0 Å². The lowest BCUT2D eigenvalue weighted by Gasteiger charge is -2.29. The molecule has 0 saturated heterocycles. The van der Waals surface area contributed by atoms with Gasteiger partial charge < -0.3 is 0 Å². The highest BCUT2D eigenvalue weighted by atomic mass is 15.4. The van der Waals surface area contributed by atoms with E-state index in [1.807, 2.05) is 6.21 Å². The van der Waals surface area contributed by atoms with Gasteiger partial charge in [-0.25, -0.2) is 4.68 Å². The molecule has 0 spiro atoms. The van der Waals surface area contributed by atoms with Gasteiger partial charge in [0.05, 0.1) is 0 Å². The molecule has 1 aromatic heterocycles. The molecule has 0 saturated carbocycles. The van der Waals surface area contributed by atoms with E-state index in [2.05, 4.69) is 42.1 Å². The Morgan fingerprint density at radius 3 is 2.69 bits per heavy atom. The van der Waals surface area contributed by atoms with E-state index in [9.17, 15) is 0 Å². The molecule has 0 amide bonds. The van der Waals surface area contributed by atoms with Crippen molar-refractivity contribution in [2.75, 3.05) is 0 Å². The van der Waals surface area contributed by atoms with Crippen LogP contribution in [-0.2, 0) is 0 Å². The summed E-state index contributed by atoms with van der Waals surface area (Å²) in [6.45, 7) is 6.75. The lowest BCUT2D eigenvalue weighted by Crippen LogP contribution is -2.24. The second kappa shape index (κ2) is 4.60. The monoisotopic (exact) mass is 218 g/mol. The van der Waals surface area contributed by atoms with Crippen LogP contribution >= 0.6 is 0 Å². The molecule has 4 heteroatoms. The zero-order valence-electron chi connectivity index (χ0n) is 10.0. The summed E-state index contributed by atoms with van der Waals surface area (Å²) in [6.07, 6.45) is 8.76. The van der Waals surface area contributed by atoms with Crippen molar-refractivity contribution >= 4 is 6.21 Å². The van der Waals surface area contributed by atoms with Gasteiger partial charge in [0.2, 0.25) is 0 Å². The molecule has 0 unspecified atom stereocenters. The summed E-state index contributed by atoms with van der Waals surface area (Å²) in [5.74, 6) is 1.72. The minimum Gasteiger partial charge on any atom is -0.208 e. The minimum absolute atomic E-state index is 0.506. The first-order valence-corrected chi connectivity index (χ1v) is 5.73. The van der Waals surface area contributed by atoms with Gasteiger partial charge in [-0.3, -0.25) is 0 Å². The summed E-state index contributed by atoms with van der Waals surface area (Å²) < 4.78 is 1.64. The number of allylic oxidation sites excluding steroid dienone is 2. The number of hydrogen-bond donors (Lipinski definition) is 0. The van der Waals surface area contributed by atoms with Crippen molar-refractivity contribution < 1.29 is 0 Å². The lowest BCUT2D eigenvalue weighted by atomic mass is 9.76. The standard InChI is InChI=1S/C12H18N4/c1-9-4-10(2)12(11(3)5-9)6-15-16-7-13-14-8-16/h4,6-8,10-12H,5H2,1-3H3/t10-,11+,12+/m0/s1. The highest BCUT2D eigenvalue weighted by Crippen LogP contribution is 2.32. The predicted molar refractivity (Wildman–Crippen MR) is 64.1 cm³/mol. The molecule has 0 aromatic carbocycles. The van der Waals surface area contributed by atoms with Gasteiger partial charge in [-0.2, -0.15) is 5.10 Å². The molecule has 0 bridgehead atoms. The van der Waals surface area contributed by atoms with Gasteiger partial charge in [0.25, 0.3) is 0 Å². The fraction of sp³-hybridized carbons (Fsp3) is 0.583. The SMILES string of the molecule is CC1=C[C@H](C)[C@@H](C=Nn2cnnc2)[C@H](C)C1. The summed E-state index contributed by atoms with van der Waals surface area (Å²) in [7, 11) is 0. The smallest absolute Gasteiger partial charge is 0.141 e. The van der Waals surface area contributed by atoms with Gasteiger partial charge in [0.1, 0.15) is 12.7 Å². The van der Waals surface area contributed by atoms with Gasteiger partial charge in [-0.1, -0.05) is 25.5 Å². The van der Waals surface area contributed by atoms with Gasteiger partial charge >= 0.3 is 0 Å². The first kappa shape index (κ1) is 11.0. The second-order valence-electron chi connectivity index (χ2n) is 4.74. The fourth-order valence-corrected chi connectivity index (χ4v) is 2.48. The molecule has 16 heavy (non-hydrogen) atoms. The third-order valence-electron chi connectivity index (χ3n) is 3.23. The fourth-order valence-electron chi connectivity index (χ4n) is 2.48. The van der Waals surface area contributed by atoms with E-state index in [4.69, 9.17) is 0 Å². The normalized spacial score (nSPS) is 30.7. The van der Waals surface area contributed by atoms with E-state index in [-0.39, 0.29) is 0 Å². The van der Waals surface area contributed by atoms with Crippen molar-refractivity contribution in [2.45, 2.75) is 27.2 Å². The van der Waals surface area contributed by atoms with Crippen LogP contribution in [0.25, 0.3) is 0 Å². The molecule has 1 aliphatic rings. The largest absolute Gasteiger partial charge is 0.208 e. The molecule has 0 radical (unpaired) electrons. The lowest BCUT2D eigenvalue weighted by molar-refractivity contribution is 0.361. The van der Waals surface area contributed by atoms with Gasteiger partial charge in [0.15, 0.2) is 0 Å². The quantitative estimate of drug-likeness (QED) is 0.565. The molecule has 0 aliphatic heterocycles. The Morgan fingerprint density at radius 1 is 1.38 bits per heavy atom. The Kier molecular flexibility index (Phi) is 3.17. The van der Waals surface area contributed by atoms with Crippen LogP contribution in [0.3, 0.4) is 0 Å². The summed E-state index contributed by atoms with van der Waals surface area (Å²) in [5, 5.41) is 11.8. The molecule has 0 fully saturated rings. The number of nitrogens with zero attached hydrogens (tertiary/aromatic N) is 4. The van der Waals surface area contributed by atoms with Gasteiger partial charge in [0, 0.05) is 12.1 Å².